The molecule has 1 N–H and O–H groups in total. The molecule has 0 aromatic heterocycles. The molecule has 0 spiro atoms. The number of hydrogen-bond acceptors (Lipinski definition) is 5. The minimum atomic E-state index is -3.56. The highest BCUT2D eigenvalue weighted by Gasteiger charge is 2.26. The number of rotatable bonds is 7. The van der Waals surface area contributed by atoms with Gasteiger partial charge in [0.15, 0.2) is 6.61 Å². The van der Waals surface area contributed by atoms with Crippen LogP contribution in [0.25, 0.3) is 0 Å². The number of benzene rings is 2. The van der Waals surface area contributed by atoms with Crippen LogP contribution in [0.4, 0.5) is 0 Å². The van der Waals surface area contributed by atoms with Crippen LogP contribution in [0.3, 0.4) is 0 Å². The maximum Gasteiger partial charge on any atom is 0.258 e. The molecule has 2 aromatic rings. The number of sulfonamides is 1. The molecule has 0 unspecified atom stereocenters. The molecule has 7 nitrogen and oxygen atoms in total. The van der Waals surface area contributed by atoms with Gasteiger partial charge in [0.05, 0.1) is 24.2 Å². The quantitative estimate of drug-likeness (QED) is 0.746. The highest BCUT2D eigenvalue weighted by Crippen LogP contribution is 2.24. The molecule has 1 amide bonds. The Balaban J connectivity index is 1.60. The first-order valence-electron chi connectivity index (χ1n) is 9.53. The number of carbonyl (C=O) groups is 1. The summed E-state index contributed by atoms with van der Waals surface area (Å²) in [5.41, 5.74) is 1.66. The van der Waals surface area contributed by atoms with Gasteiger partial charge in [-0.1, -0.05) is 30.3 Å². The molecule has 0 saturated carbocycles. The van der Waals surface area contributed by atoms with Crippen LogP contribution in [-0.4, -0.2) is 51.5 Å². The van der Waals surface area contributed by atoms with Gasteiger partial charge in [-0.2, -0.15) is 4.31 Å². The number of amides is 1. The number of ether oxygens (including phenoxy) is 2. The van der Waals surface area contributed by atoms with Gasteiger partial charge in [-0.25, -0.2) is 8.42 Å². The molecule has 156 valence electrons. The normalized spacial score (nSPS) is 16.2. The fourth-order valence-corrected chi connectivity index (χ4v) is 4.63. The van der Waals surface area contributed by atoms with E-state index < -0.39 is 10.0 Å². The Bertz CT molecular complexity index is 941. The molecule has 2 aromatic carbocycles. The number of nitrogens with zero attached hydrogens (tertiary/aromatic N) is 1. The van der Waals surface area contributed by atoms with Crippen molar-refractivity contribution in [2.75, 3.05) is 32.9 Å². The van der Waals surface area contributed by atoms with Crippen molar-refractivity contribution in [2.45, 2.75) is 24.8 Å². The predicted molar refractivity (Wildman–Crippen MR) is 109 cm³/mol. The van der Waals surface area contributed by atoms with Gasteiger partial charge in [0.25, 0.3) is 5.91 Å². The fraction of sp³-hybridized carbons (Fsp3) is 0.381. The minimum absolute atomic E-state index is 0.130. The molecular weight excluding hydrogens is 392 g/mol. The average molecular weight is 419 g/mol. The second-order valence-electron chi connectivity index (χ2n) is 6.93. The van der Waals surface area contributed by atoms with Crippen LogP contribution in [0.5, 0.6) is 5.75 Å². The van der Waals surface area contributed by atoms with E-state index in [1.54, 1.807) is 19.1 Å². The van der Waals surface area contributed by atoms with Crippen molar-refractivity contribution >= 4 is 15.9 Å². The van der Waals surface area contributed by atoms with Gasteiger partial charge in [-0.3, -0.25) is 4.79 Å². The molecule has 0 bridgehead atoms. The zero-order valence-electron chi connectivity index (χ0n) is 16.6. The van der Waals surface area contributed by atoms with Crippen molar-refractivity contribution in [2.24, 2.45) is 0 Å². The van der Waals surface area contributed by atoms with Gasteiger partial charge >= 0.3 is 0 Å². The monoisotopic (exact) mass is 418 g/mol. The number of aryl methyl sites for hydroxylation is 1. The highest BCUT2D eigenvalue weighted by atomic mass is 32.2. The first kappa shape index (κ1) is 21.3. The molecule has 1 fully saturated rings. The number of carbonyl (C=O) groups excluding carboxylic acids is 1. The summed E-state index contributed by atoms with van der Waals surface area (Å²) in [5, 5.41) is 2.89. The Morgan fingerprint density at radius 3 is 2.52 bits per heavy atom. The third-order valence-electron chi connectivity index (χ3n) is 4.79. The molecule has 1 atom stereocenters. The summed E-state index contributed by atoms with van der Waals surface area (Å²) in [7, 11) is -3.56. The van der Waals surface area contributed by atoms with E-state index in [9.17, 15) is 13.2 Å². The summed E-state index contributed by atoms with van der Waals surface area (Å²) in [6.45, 7) is 5.01. The zero-order valence-corrected chi connectivity index (χ0v) is 17.4. The molecular formula is C21H26N2O5S. The van der Waals surface area contributed by atoms with Crippen LogP contribution in [0, 0.1) is 6.92 Å². The lowest BCUT2D eigenvalue weighted by Crippen LogP contribution is -2.40. The number of nitrogens with one attached hydrogen (secondary N) is 1. The summed E-state index contributed by atoms with van der Waals surface area (Å²) < 4.78 is 37.7. The summed E-state index contributed by atoms with van der Waals surface area (Å²) >= 11 is 0. The molecule has 29 heavy (non-hydrogen) atoms. The Hall–Kier alpha value is -2.42. The average Bonchev–Trinajstić information content (AvgIpc) is 2.74. The number of morpholine rings is 1. The first-order chi connectivity index (χ1) is 13.9. The van der Waals surface area contributed by atoms with Crippen molar-refractivity contribution < 1.29 is 22.7 Å². The predicted octanol–water partition coefficient (Wildman–Crippen LogP) is 2.27. The molecule has 8 heteroatoms. The van der Waals surface area contributed by atoms with E-state index in [1.165, 1.54) is 10.4 Å². The minimum Gasteiger partial charge on any atom is -0.484 e. The molecule has 1 aliphatic rings. The molecule has 0 aliphatic carbocycles. The van der Waals surface area contributed by atoms with Crippen LogP contribution >= 0.6 is 0 Å². The smallest absolute Gasteiger partial charge is 0.258 e. The summed E-state index contributed by atoms with van der Waals surface area (Å²) in [6.07, 6.45) is 0. The number of hydrogen-bond donors (Lipinski definition) is 1. The molecule has 1 saturated heterocycles. The van der Waals surface area contributed by atoms with Gasteiger partial charge in [-0.15, -0.1) is 0 Å². The first-order valence-corrected chi connectivity index (χ1v) is 11.0. The van der Waals surface area contributed by atoms with Crippen LogP contribution in [0.15, 0.2) is 53.4 Å². The third-order valence-corrected chi connectivity index (χ3v) is 6.68. The summed E-state index contributed by atoms with van der Waals surface area (Å²) in [5.74, 6) is 0.235. The third kappa shape index (κ3) is 5.35. The van der Waals surface area contributed by atoms with E-state index >= 15 is 0 Å². The van der Waals surface area contributed by atoms with Crippen molar-refractivity contribution in [3.63, 3.8) is 0 Å². The molecule has 0 radical (unpaired) electrons. The van der Waals surface area contributed by atoms with Crippen LogP contribution in [0.1, 0.15) is 24.1 Å². The van der Waals surface area contributed by atoms with E-state index in [0.29, 0.717) is 37.6 Å². The maximum absolute atomic E-state index is 12.7. The lowest BCUT2D eigenvalue weighted by Gasteiger charge is -2.26. The van der Waals surface area contributed by atoms with Gasteiger partial charge in [0.1, 0.15) is 5.75 Å². The second-order valence-corrected chi connectivity index (χ2v) is 8.87. The standard InChI is InChI=1S/C21H26N2O5S/c1-16-14-19(29(25,26)23-10-12-27-13-11-23)8-9-20(16)28-15-21(24)22-17(2)18-6-4-3-5-7-18/h3-9,14,17H,10-13,15H2,1-2H3,(H,22,24)/t17-/m1/s1. The van der Waals surface area contributed by atoms with Crippen LogP contribution in [-0.2, 0) is 19.6 Å². The van der Waals surface area contributed by atoms with Gasteiger partial charge in [0.2, 0.25) is 10.0 Å². The van der Waals surface area contributed by atoms with E-state index in [4.69, 9.17) is 9.47 Å². The lowest BCUT2D eigenvalue weighted by atomic mass is 10.1. The van der Waals surface area contributed by atoms with Crippen molar-refractivity contribution in [3.05, 3.63) is 59.7 Å². The van der Waals surface area contributed by atoms with Crippen LogP contribution in [0.2, 0.25) is 0 Å². The van der Waals surface area contributed by atoms with E-state index in [2.05, 4.69) is 5.32 Å². The topological polar surface area (TPSA) is 84.9 Å². The molecule has 1 aliphatic heterocycles. The van der Waals surface area contributed by atoms with E-state index in [0.717, 1.165) is 5.56 Å². The Morgan fingerprint density at radius 2 is 1.86 bits per heavy atom. The van der Waals surface area contributed by atoms with Crippen molar-refractivity contribution in [1.29, 1.82) is 0 Å². The van der Waals surface area contributed by atoms with Gasteiger partial charge in [0, 0.05) is 13.1 Å². The van der Waals surface area contributed by atoms with Gasteiger partial charge < -0.3 is 14.8 Å². The molecule has 3 rings (SSSR count). The lowest BCUT2D eigenvalue weighted by molar-refractivity contribution is -0.123. The Kier molecular flexibility index (Phi) is 6.89. The zero-order chi connectivity index (χ0) is 20.9. The Morgan fingerprint density at radius 1 is 1.17 bits per heavy atom. The van der Waals surface area contributed by atoms with E-state index in [1.807, 2.05) is 37.3 Å². The second kappa shape index (κ2) is 9.39. The largest absolute Gasteiger partial charge is 0.484 e. The maximum atomic E-state index is 12.7. The molecule has 1 heterocycles. The summed E-state index contributed by atoms with van der Waals surface area (Å²) in [4.78, 5) is 12.4. The van der Waals surface area contributed by atoms with E-state index in [-0.39, 0.29) is 23.5 Å². The van der Waals surface area contributed by atoms with Crippen LogP contribution < -0.4 is 10.1 Å². The summed E-state index contributed by atoms with van der Waals surface area (Å²) in [6, 6.07) is 14.2. The SMILES string of the molecule is Cc1cc(S(=O)(=O)N2CCOCC2)ccc1OCC(=O)N[C@H](C)c1ccccc1. The fourth-order valence-electron chi connectivity index (χ4n) is 3.13. The van der Waals surface area contributed by atoms with Gasteiger partial charge in [-0.05, 0) is 43.2 Å². The Labute approximate surface area is 171 Å². The van der Waals surface area contributed by atoms with Crippen molar-refractivity contribution in [3.8, 4) is 5.75 Å². The highest BCUT2D eigenvalue weighted by molar-refractivity contribution is 7.89. The van der Waals surface area contributed by atoms with Crippen molar-refractivity contribution in [1.82, 2.24) is 9.62 Å².